The highest BCUT2D eigenvalue weighted by atomic mass is 16.3. The van der Waals surface area contributed by atoms with Crippen LogP contribution in [0.4, 0.5) is 0 Å². The summed E-state index contributed by atoms with van der Waals surface area (Å²) in [5, 5.41) is 6.89. The SMILES string of the molecule is CCC(C)C1CCCCC1.O=CO. The van der Waals surface area contributed by atoms with Gasteiger partial charge in [0.1, 0.15) is 0 Å². The van der Waals surface area contributed by atoms with E-state index in [4.69, 9.17) is 9.90 Å². The molecular weight excluding hydrogens is 164 g/mol. The molecule has 0 amide bonds. The van der Waals surface area contributed by atoms with E-state index in [-0.39, 0.29) is 6.47 Å². The first kappa shape index (κ1) is 12.5. The molecule has 1 aliphatic carbocycles. The molecule has 2 nitrogen and oxygen atoms in total. The van der Waals surface area contributed by atoms with E-state index >= 15 is 0 Å². The van der Waals surface area contributed by atoms with Crippen LogP contribution in [0.2, 0.25) is 0 Å². The van der Waals surface area contributed by atoms with Gasteiger partial charge in [-0.2, -0.15) is 0 Å². The highest BCUT2D eigenvalue weighted by Gasteiger charge is 2.17. The Hall–Kier alpha value is -0.530. The summed E-state index contributed by atoms with van der Waals surface area (Å²) in [7, 11) is 0. The van der Waals surface area contributed by atoms with Gasteiger partial charge >= 0.3 is 0 Å². The van der Waals surface area contributed by atoms with Crippen LogP contribution in [0.1, 0.15) is 52.4 Å². The molecule has 0 radical (unpaired) electrons. The molecule has 0 aromatic heterocycles. The second kappa shape index (κ2) is 8.09. The Labute approximate surface area is 81.3 Å². The lowest BCUT2D eigenvalue weighted by atomic mass is 9.80. The van der Waals surface area contributed by atoms with Gasteiger partial charge in [0.2, 0.25) is 0 Å². The van der Waals surface area contributed by atoms with E-state index in [2.05, 4.69) is 13.8 Å². The van der Waals surface area contributed by atoms with E-state index in [1.54, 1.807) is 0 Å². The fourth-order valence-corrected chi connectivity index (χ4v) is 2.04. The van der Waals surface area contributed by atoms with Crippen molar-refractivity contribution in [1.29, 1.82) is 0 Å². The number of hydrogen-bond acceptors (Lipinski definition) is 1. The predicted octanol–water partition coefficient (Wildman–Crippen LogP) is 3.31. The summed E-state index contributed by atoms with van der Waals surface area (Å²) in [5.74, 6) is 2.05. The minimum Gasteiger partial charge on any atom is -0.483 e. The van der Waals surface area contributed by atoms with Crippen molar-refractivity contribution >= 4 is 6.47 Å². The maximum atomic E-state index is 8.36. The Morgan fingerprint density at radius 3 is 2.23 bits per heavy atom. The lowest BCUT2D eigenvalue weighted by Gasteiger charge is -2.26. The van der Waals surface area contributed by atoms with Crippen LogP contribution in [0.5, 0.6) is 0 Å². The first-order chi connectivity index (χ1) is 6.26. The maximum Gasteiger partial charge on any atom is 0.290 e. The van der Waals surface area contributed by atoms with Crippen molar-refractivity contribution < 1.29 is 9.90 Å². The third kappa shape index (κ3) is 5.67. The van der Waals surface area contributed by atoms with Crippen LogP contribution in [-0.2, 0) is 4.79 Å². The monoisotopic (exact) mass is 186 g/mol. The van der Waals surface area contributed by atoms with Crippen molar-refractivity contribution in [2.75, 3.05) is 0 Å². The van der Waals surface area contributed by atoms with E-state index in [1.807, 2.05) is 0 Å². The van der Waals surface area contributed by atoms with Gasteiger partial charge in [0.05, 0.1) is 0 Å². The maximum absolute atomic E-state index is 8.36. The van der Waals surface area contributed by atoms with Gasteiger partial charge in [-0.1, -0.05) is 52.4 Å². The smallest absolute Gasteiger partial charge is 0.290 e. The van der Waals surface area contributed by atoms with Gasteiger partial charge < -0.3 is 5.11 Å². The molecule has 1 aliphatic rings. The molecule has 78 valence electrons. The Bertz CT molecular complexity index is 117. The molecule has 2 heteroatoms. The van der Waals surface area contributed by atoms with E-state index < -0.39 is 0 Å². The standard InChI is InChI=1S/C10H20.CH2O2/c1-3-9(2)10-7-5-4-6-8-10;2-1-3/h9-10H,3-8H2,1-2H3;1H,(H,2,3). The normalized spacial score (nSPS) is 19.8. The number of hydrogen-bond donors (Lipinski definition) is 1. The molecule has 0 aliphatic heterocycles. The fraction of sp³-hybridized carbons (Fsp3) is 0.909. The summed E-state index contributed by atoms with van der Waals surface area (Å²) < 4.78 is 0. The van der Waals surface area contributed by atoms with Crippen molar-refractivity contribution in [3.8, 4) is 0 Å². The molecule has 1 saturated carbocycles. The van der Waals surface area contributed by atoms with E-state index in [0.29, 0.717) is 0 Å². The zero-order valence-electron chi connectivity index (χ0n) is 8.83. The van der Waals surface area contributed by atoms with Gasteiger partial charge in [-0.25, -0.2) is 0 Å². The molecule has 0 saturated heterocycles. The fourth-order valence-electron chi connectivity index (χ4n) is 2.04. The Morgan fingerprint density at radius 2 is 1.85 bits per heavy atom. The van der Waals surface area contributed by atoms with Gasteiger partial charge in [-0.15, -0.1) is 0 Å². The summed E-state index contributed by atoms with van der Waals surface area (Å²) >= 11 is 0. The van der Waals surface area contributed by atoms with Crippen LogP contribution >= 0.6 is 0 Å². The van der Waals surface area contributed by atoms with E-state index in [9.17, 15) is 0 Å². The first-order valence-electron chi connectivity index (χ1n) is 5.34. The van der Waals surface area contributed by atoms with Crippen molar-refractivity contribution in [2.24, 2.45) is 11.8 Å². The first-order valence-corrected chi connectivity index (χ1v) is 5.34. The third-order valence-corrected chi connectivity index (χ3v) is 3.10. The molecule has 13 heavy (non-hydrogen) atoms. The summed E-state index contributed by atoms with van der Waals surface area (Å²) in [4.78, 5) is 8.36. The number of rotatable bonds is 2. The summed E-state index contributed by atoms with van der Waals surface area (Å²) in [5.41, 5.74) is 0. The second-order valence-corrected chi connectivity index (χ2v) is 3.89. The van der Waals surface area contributed by atoms with Gasteiger partial charge in [0, 0.05) is 0 Å². The predicted molar refractivity (Wildman–Crippen MR) is 54.7 cm³/mol. The molecule has 1 unspecified atom stereocenters. The zero-order valence-corrected chi connectivity index (χ0v) is 8.83. The van der Waals surface area contributed by atoms with Gasteiger partial charge in [0.25, 0.3) is 6.47 Å². The lowest BCUT2D eigenvalue weighted by molar-refractivity contribution is -0.122. The molecule has 0 heterocycles. The average molecular weight is 186 g/mol. The molecule has 0 spiro atoms. The largest absolute Gasteiger partial charge is 0.483 e. The van der Waals surface area contributed by atoms with Crippen LogP contribution in [0, 0.1) is 11.8 Å². The van der Waals surface area contributed by atoms with Crippen molar-refractivity contribution in [1.82, 2.24) is 0 Å². The lowest BCUT2D eigenvalue weighted by Crippen LogP contribution is -2.14. The third-order valence-electron chi connectivity index (χ3n) is 3.10. The van der Waals surface area contributed by atoms with Crippen LogP contribution < -0.4 is 0 Å². The van der Waals surface area contributed by atoms with E-state index in [1.165, 1.54) is 38.5 Å². The average Bonchev–Trinajstić information content (AvgIpc) is 2.19. The Morgan fingerprint density at radius 1 is 1.38 bits per heavy atom. The molecule has 0 aromatic carbocycles. The molecular formula is C11H22O2. The molecule has 0 aromatic rings. The highest BCUT2D eigenvalue weighted by Crippen LogP contribution is 2.30. The van der Waals surface area contributed by atoms with Crippen LogP contribution in [0.3, 0.4) is 0 Å². The summed E-state index contributed by atoms with van der Waals surface area (Å²) in [6, 6.07) is 0. The van der Waals surface area contributed by atoms with Crippen LogP contribution in [0.25, 0.3) is 0 Å². The van der Waals surface area contributed by atoms with Crippen molar-refractivity contribution in [2.45, 2.75) is 52.4 Å². The number of carboxylic acid groups (broad SMARTS) is 1. The van der Waals surface area contributed by atoms with Crippen LogP contribution in [-0.4, -0.2) is 11.6 Å². The topological polar surface area (TPSA) is 37.3 Å². The van der Waals surface area contributed by atoms with Crippen molar-refractivity contribution in [3.63, 3.8) is 0 Å². The quantitative estimate of drug-likeness (QED) is 0.672. The minimum absolute atomic E-state index is 0.250. The molecule has 1 rings (SSSR count). The van der Waals surface area contributed by atoms with Gasteiger partial charge in [-0.3, -0.25) is 4.79 Å². The highest BCUT2D eigenvalue weighted by molar-refractivity contribution is 5.32. The van der Waals surface area contributed by atoms with E-state index in [0.717, 1.165) is 11.8 Å². The minimum atomic E-state index is -0.250. The van der Waals surface area contributed by atoms with Crippen molar-refractivity contribution in [3.05, 3.63) is 0 Å². The Kier molecular flexibility index (Phi) is 7.76. The van der Waals surface area contributed by atoms with Gasteiger partial charge in [-0.05, 0) is 11.8 Å². The molecule has 0 bridgehead atoms. The van der Waals surface area contributed by atoms with Gasteiger partial charge in [0.15, 0.2) is 0 Å². The zero-order chi connectivity index (χ0) is 10.1. The second-order valence-electron chi connectivity index (χ2n) is 3.89. The number of carbonyl (C=O) groups is 1. The molecule has 1 N–H and O–H groups in total. The Balaban J connectivity index is 0.000000424. The molecule has 1 atom stereocenters. The summed E-state index contributed by atoms with van der Waals surface area (Å²) in [6.07, 6.45) is 8.88. The molecule has 1 fully saturated rings. The van der Waals surface area contributed by atoms with Crippen LogP contribution in [0.15, 0.2) is 0 Å². The summed E-state index contributed by atoms with van der Waals surface area (Å²) in [6.45, 7) is 4.48.